The number of hydrogen-bond acceptors (Lipinski definition) is 2. The fraction of sp³-hybridized carbons (Fsp3) is 0.133. The highest BCUT2D eigenvalue weighted by molar-refractivity contribution is 9.10. The van der Waals surface area contributed by atoms with E-state index in [0.29, 0.717) is 22.1 Å². The summed E-state index contributed by atoms with van der Waals surface area (Å²) in [6.45, 7) is 3.48. The van der Waals surface area contributed by atoms with Gasteiger partial charge in [0.2, 0.25) is 0 Å². The lowest BCUT2D eigenvalue weighted by molar-refractivity contribution is 0.101. The normalized spacial score (nSPS) is 10.3. The Hall–Kier alpha value is -1.32. The van der Waals surface area contributed by atoms with Crippen LogP contribution in [0.15, 0.2) is 40.9 Å². The van der Waals surface area contributed by atoms with Gasteiger partial charge in [-0.25, -0.2) is 0 Å². The molecule has 2 nitrogen and oxygen atoms in total. The number of rotatable bonds is 3. The van der Waals surface area contributed by atoms with Crippen LogP contribution in [0, 0.1) is 6.92 Å². The minimum atomic E-state index is 0.0196. The molecular formula is C15H12BrClO2. The number of Topliss-reactive ketones (excluding diaryl/α,β-unsaturated/α-hetero) is 1. The van der Waals surface area contributed by atoms with Crippen molar-refractivity contribution >= 4 is 33.3 Å². The van der Waals surface area contributed by atoms with Gasteiger partial charge in [-0.2, -0.15) is 0 Å². The molecule has 0 spiro atoms. The number of halogens is 2. The van der Waals surface area contributed by atoms with Crippen molar-refractivity contribution in [3.8, 4) is 11.5 Å². The van der Waals surface area contributed by atoms with E-state index in [1.165, 1.54) is 6.92 Å². The van der Waals surface area contributed by atoms with Crippen LogP contribution in [0.3, 0.4) is 0 Å². The predicted molar refractivity (Wildman–Crippen MR) is 80.4 cm³/mol. The molecule has 0 saturated carbocycles. The first kappa shape index (κ1) is 14.1. The Kier molecular flexibility index (Phi) is 4.27. The van der Waals surface area contributed by atoms with Gasteiger partial charge in [-0.05, 0) is 65.7 Å². The summed E-state index contributed by atoms with van der Waals surface area (Å²) in [6, 6.07) is 10.7. The van der Waals surface area contributed by atoms with E-state index in [0.717, 1.165) is 10.0 Å². The van der Waals surface area contributed by atoms with Crippen LogP contribution in [0.1, 0.15) is 22.8 Å². The predicted octanol–water partition coefficient (Wildman–Crippen LogP) is 5.41. The van der Waals surface area contributed by atoms with Crippen LogP contribution in [0.5, 0.6) is 11.5 Å². The molecule has 0 amide bonds. The lowest BCUT2D eigenvalue weighted by Crippen LogP contribution is -1.94. The van der Waals surface area contributed by atoms with E-state index in [9.17, 15) is 4.79 Å². The van der Waals surface area contributed by atoms with Crippen molar-refractivity contribution in [2.75, 3.05) is 0 Å². The fourth-order valence-electron chi connectivity index (χ4n) is 1.60. The van der Waals surface area contributed by atoms with Crippen LogP contribution in [0.4, 0.5) is 0 Å². The molecule has 0 aromatic heterocycles. The molecule has 0 N–H and O–H groups in total. The number of carbonyl (C=O) groups is 1. The molecule has 0 fully saturated rings. The van der Waals surface area contributed by atoms with Crippen molar-refractivity contribution in [1.29, 1.82) is 0 Å². The number of benzene rings is 2. The highest BCUT2D eigenvalue weighted by atomic mass is 79.9. The van der Waals surface area contributed by atoms with Crippen LogP contribution in [0.2, 0.25) is 5.02 Å². The summed E-state index contributed by atoms with van der Waals surface area (Å²) < 4.78 is 6.55. The minimum absolute atomic E-state index is 0.0196. The van der Waals surface area contributed by atoms with Gasteiger partial charge in [0, 0.05) is 10.6 Å². The summed E-state index contributed by atoms with van der Waals surface area (Å²) in [7, 11) is 0. The average molecular weight is 340 g/mol. The number of hydrogen-bond donors (Lipinski definition) is 0. The average Bonchev–Trinajstić information content (AvgIpc) is 2.36. The van der Waals surface area contributed by atoms with Crippen molar-refractivity contribution < 1.29 is 9.53 Å². The third kappa shape index (κ3) is 3.37. The Bertz CT molecular complexity index is 638. The van der Waals surface area contributed by atoms with Crippen LogP contribution >= 0.6 is 27.5 Å². The summed E-state index contributed by atoms with van der Waals surface area (Å²) in [4.78, 5) is 11.3. The molecule has 19 heavy (non-hydrogen) atoms. The fourth-order valence-corrected chi connectivity index (χ4v) is 2.23. The van der Waals surface area contributed by atoms with Gasteiger partial charge in [-0.3, -0.25) is 4.79 Å². The van der Waals surface area contributed by atoms with E-state index in [-0.39, 0.29) is 5.78 Å². The molecule has 98 valence electrons. The highest BCUT2D eigenvalue weighted by Crippen LogP contribution is 2.33. The van der Waals surface area contributed by atoms with Gasteiger partial charge in [0.1, 0.15) is 11.5 Å². The molecule has 0 saturated heterocycles. The van der Waals surface area contributed by atoms with E-state index < -0.39 is 0 Å². The molecule has 2 aromatic rings. The summed E-state index contributed by atoms with van der Waals surface area (Å²) in [5.74, 6) is 1.37. The molecule has 2 rings (SSSR count). The zero-order chi connectivity index (χ0) is 14.0. The molecule has 2 aromatic carbocycles. The van der Waals surface area contributed by atoms with E-state index in [1.54, 1.807) is 24.3 Å². The van der Waals surface area contributed by atoms with Crippen molar-refractivity contribution in [3.63, 3.8) is 0 Å². The summed E-state index contributed by atoms with van der Waals surface area (Å²) in [5, 5.41) is 0.622. The lowest BCUT2D eigenvalue weighted by Gasteiger charge is -2.11. The summed E-state index contributed by atoms with van der Waals surface area (Å²) in [6.07, 6.45) is 0. The third-order valence-electron chi connectivity index (χ3n) is 2.71. The van der Waals surface area contributed by atoms with Crippen molar-refractivity contribution in [2.24, 2.45) is 0 Å². The van der Waals surface area contributed by atoms with E-state index in [4.69, 9.17) is 16.3 Å². The minimum Gasteiger partial charge on any atom is -0.456 e. The second-order valence-corrected chi connectivity index (χ2v) is 5.50. The molecule has 0 heterocycles. The van der Waals surface area contributed by atoms with Crippen molar-refractivity contribution in [2.45, 2.75) is 13.8 Å². The standard InChI is InChI=1S/C15H12BrClO2/c1-9-3-5-12(17)8-15(9)19-14-6-4-11(10(2)18)7-13(14)16/h3-8H,1-2H3. The zero-order valence-electron chi connectivity index (χ0n) is 10.5. The van der Waals surface area contributed by atoms with Gasteiger partial charge in [0.05, 0.1) is 4.47 Å². The second kappa shape index (κ2) is 5.76. The monoisotopic (exact) mass is 338 g/mol. The summed E-state index contributed by atoms with van der Waals surface area (Å²) >= 11 is 9.36. The van der Waals surface area contributed by atoms with Crippen molar-refractivity contribution in [1.82, 2.24) is 0 Å². The Balaban J connectivity index is 2.33. The first-order valence-electron chi connectivity index (χ1n) is 5.72. The zero-order valence-corrected chi connectivity index (χ0v) is 12.9. The molecular weight excluding hydrogens is 328 g/mol. The topological polar surface area (TPSA) is 26.3 Å². The Morgan fingerprint density at radius 2 is 1.89 bits per heavy atom. The molecule has 0 aliphatic carbocycles. The molecule has 0 radical (unpaired) electrons. The Labute approximate surface area is 125 Å². The number of ether oxygens (including phenoxy) is 1. The van der Waals surface area contributed by atoms with Crippen LogP contribution < -0.4 is 4.74 Å². The Morgan fingerprint density at radius 3 is 2.53 bits per heavy atom. The third-order valence-corrected chi connectivity index (χ3v) is 3.56. The molecule has 0 atom stereocenters. The molecule has 0 unspecified atom stereocenters. The highest BCUT2D eigenvalue weighted by Gasteiger charge is 2.08. The van der Waals surface area contributed by atoms with Crippen LogP contribution in [-0.4, -0.2) is 5.78 Å². The molecule has 0 aliphatic heterocycles. The number of aryl methyl sites for hydroxylation is 1. The smallest absolute Gasteiger partial charge is 0.159 e. The van der Waals surface area contributed by atoms with Gasteiger partial charge in [-0.1, -0.05) is 17.7 Å². The largest absolute Gasteiger partial charge is 0.456 e. The van der Waals surface area contributed by atoms with Crippen LogP contribution in [0.25, 0.3) is 0 Å². The van der Waals surface area contributed by atoms with Gasteiger partial charge >= 0.3 is 0 Å². The second-order valence-electron chi connectivity index (χ2n) is 4.21. The SMILES string of the molecule is CC(=O)c1ccc(Oc2cc(Cl)ccc2C)c(Br)c1. The van der Waals surface area contributed by atoms with Gasteiger partial charge in [-0.15, -0.1) is 0 Å². The maximum Gasteiger partial charge on any atom is 0.159 e. The van der Waals surface area contributed by atoms with Crippen molar-refractivity contribution in [3.05, 3.63) is 57.0 Å². The molecule has 4 heteroatoms. The lowest BCUT2D eigenvalue weighted by atomic mass is 10.1. The van der Waals surface area contributed by atoms with Gasteiger partial charge in [0.25, 0.3) is 0 Å². The first-order chi connectivity index (χ1) is 8.97. The number of carbonyl (C=O) groups excluding carboxylic acids is 1. The van der Waals surface area contributed by atoms with E-state index in [2.05, 4.69) is 15.9 Å². The maximum atomic E-state index is 11.3. The van der Waals surface area contributed by atoms with E-state index in [1.807, 2.05) is 19.1 Å². The van der Waals surface area contributed by atoms with E-state index >= 15 is 0 Å². The first-order valence-corrected chi connectivity index (χ1v) is 6.89. The summed E-state index contributed by atoms with van der Waals surface area (Å²) in [5.41, 5.74) is 1.63. The van der Waals surface area contributed by atoms with Crippen LogP contribution in [-0.2, 0) is 0 Å². The quantitative estimate of drug-likeness (QED) is 0.699. The number of ketones is 1. The maximum absolute atomic E-state index is 11.3. The Morgan fingerprint density at radius 1 is 1.16 bits per heavy atom. The molecule has 0 aliphatic rings. The molecule has 0 bridgehead atoms. The van der Waals surface area contributed by atoms with Gasteiger partial charge < -0.3 is 4.74 Å². The van der Waals surface area contributed by atoms with Gasteiger partial charge in [0.15, 0.2) is 5.78 Å².